The molecular weight excluding hydrogens is 921 g/mol. The fourth-order valence-corrected chi connectivity index (χ4v) is 12.9. The van der Waals surface area contributed by atoms with Gasteiger partial charge in [0.15, 0.2) is 0 Å². The monoisotopic (exact) mass is 993 g/mol. The van der Waals surface area contributed by atoms with Gasteiger partial charge in [0.25, 0.3) is 0 Å². The lowest BCUT2D eigenvalue weighted by Gasteiger charge is -2.20. The largest absolute Gasteiger partial charge is 0.314 e. The van der Waals surface area contributed by atoms with Crippen molar-refractivity contribution < 1.29 is 0 Å². The smallest absolute Gasteiger partial charge is 0.0777 e. The maximum Gasteiger partial charge on any atom is 0.0777 e. The van der Waals surface area contributed by atoms with E-state index in [1.807, 2.05) is 0 Å². The molecule has 0 spiro atoms. The van der Waals surface area contributed by atoms with E-state index in [-0.39, 0.29) is 16.2 Å². The third kappa shape index (κ3) is 7.60. The van der Waals surface area contributed by atoms with Crippen LogP contribution in [0.25, 0.3) is 107 Å². The van der Waals surface area contributed by atoms with Crippen LogP contribution in [0.1, 0.15) is 151 Å². The van der Waals surface area contributed by atoms with Crippen LogP contribution in [0.2, 0.25) is 0 Å². The van der Waals surface area contributed by atoms with Crippen LogP contribution in [0.3, 0.4) is 0 Å². The average Bonchev–Trinajstić information content (AvgIpc) is 4.32. The van der Waals surface area contributed by atoms with Crippen molar-refractivity contribution in [2.24, 2.45) is 0 Å². The Bertz CT molecular complexity index is 4240. The second kappa shape index (κ2) is 17.2. The van der Waals surface area contributed by atoms with Crippen LogP contribution < -0.4 is 0 Å². The van der Waals surface area contributed by atoms with E-state index in [9.17, 15) is 0 Å². The fraction of sp³-hybridized carbons (Fsp3) is 0.278. The lowest BCUT2D eigenvalue weighted by Crippen LogP contribution is -2.10. The Kier molecular flexibility index (Phi) is 10.9. The van der Waals surface area contributed by atoms with E-state index in [0.717, 1.165) is 42.6 Å². The molecule has 0 N–H and O–H groups in total. The molecule has 0 saturated heterocycles. The highest BCUT2D eigenvalue weighted by Crippen LogP contribution is 2.44. The van der Waals surface area contributed by atoms with Gasteiger partial charge in [0.05, 0.1) is 38.8 Å². The third-order valence-electron chi connectivity index (χ3n) is 17.1. The highest BCUT2D eigenvalue weighted by atomic mass is 15.1. The Morgan fingerprint density at radius 3 is 1.57 bits per heavy atom. The van der Waals surface area contributed by atoms with E-state index in [0.29, 0.717) is 5.92 Å². The first kappa shape index (κ1) is 48.1. The van der Waals surface area contributed by atoms with E-state index in [4.69, 9.17) is 0 Å². The van der Waals surface area contributed by atoms with Crippen LogP contribution in [-0.4, -0.2) is 18.3 Å². The molecule has 0 radical (unpaired) electrons. The number of hydrogen-bond donors (Lipinski definition) is 0. The number of para-hydroxylation sites is 2. The zero-order valence-electron chi connectivity index (χ0n) is 46.8. The van der Waals surface area contributed by atoms with Crippen LogP contribution in [0.4, 0.5) is 0 Å². The number of aromatic nitrogens is 4. The second-order valence-electron chi connectivity index (χ2n) is 25.6. The van der Waals surface area contributed by atoms with Gasteiger partial charge in [0, 0.05) is 61.3 Å². The van der Waals surface area contributed by atoms with Gasteiger partial charge >= 0.3 is 0 Å². The molecule has 0 saturated carbocycles. The summed E-state index contributed by atoms with van der Waals surface area (Å²) in [5.74, 6) is 0.410. The summed E-state index contributed by atoms with van der Waals surface area (Å²) in [5, 5.41) is 7.71. The predicted octanol–water partition coefficient (Wildman–Crippen LogP) is 19.7. The molecule has 2 aliphatic carbocycles. The van der Waals surface area contributed by atoms with Crippen LogP contribution in [-0.2, 0) is 29.1 Å². The standard InChI is InChI=1S/C72H72N4/c1-44(2)47-27-31-63-57(39-47)58-40-48(70(4,5)6)28-32-64(58)74(63)51-37-46(38-52(43-51)75-65-33-29-49(71(7,8)9)41-59(65)60-42-50(72(10,11)12)30-34-66(60)75)35-36-73-68-45(3)19-17-22-55(68)56-23-18-26-67(69(56)73)76-61-24-15-13-20-53(61)54-21-14-16-25-62(54)76/h13,16-20,22-23,25-44H,14-15,21,24H2,1-12H3. The first-order chi connectivity index (χ1) is 36.3. The van der Waals surface area contributed by atoms with E-state index in [2.05, 4.69) is 265 Å². The molecule has 0 amide bonds. The lowest BCUT2D eigenvalue weighted by molar-refractivity contribution is 0.590. The minimum atomic E-state index is -0.000214. The van der Waals surface area contributed by atoms with Crippen LogP contribution in [0, 0.1) is 6.92 Å². The average molecular weight is 993 g/mol. The quantitative estimate of drug-likeness (QED) is 0.158. The first-order valence-electron chi connectivity index (χ1n) is 28.0. The van der Waals surface area contributed by atoms with Gasteiger partial charge < -0.3 is 18.3 Å². The summed E-state index contributed by atoms with van der Waals surface area (Å²) in [6.07, 6.45) is 18.5. The zero-order valence-corrected chi connectivity index (χ0v) is 46.8. The summed E-state index contributed by atoms with van der Waals surface area (Å²) in [6.45, 7) is 27.8. The molecule has 76 heavy (non-hydrogen) atoms. The number of hydrogen-bond acceptors (Lipinski definition) is 0. The van der Waals surface area contributed by atoms with Crippen LogP contribution in [0.15, 0.2) is 140 Å². The summed E-state index contributed by atoms with van der Waals surface area (Å²) in [7, 11) is 0. The number of fused-ring (bicyclic) bond motifs is 12. The fourth-order valence-electron chi connectivity index (χ4n) is 12.9. The molecule has 4 aromatic heterocycles. The molecule has 4 nitrogen and oxygen atoms in total. The molecule has 0 bridgehead atoms. The van der Waals surface area contributed by atoms with Crippen molar-refractivity contribution in [2.75, 3.05) is 0 Å². The van der Waals surface area contributed by atoms with Gasteiger partial charge in [-0.1, -0.05) is 149 Å². The summed E-state index contributed by atoms with van der Waals surface area (Å²) >= 11 is 0. The highest BCUT2D eigenvalue weighted by molar-refractivity contribution is 6.14. The van der Waals surface area contributed by atoms with Crippen LogP contribution >= 0.6 is 0 Å². The summed E-state index contributed by atoms with van der Waals surface area (Å²) in [6, 6.07) is 49.8. The molecule has 0 unspecified atom stereocenters. The van der Waals surface area contributed by atoms with Gasteiger partial charge in [-0.3, -0.25) is 0 Å². The normalized spacial score (nSPS) is 14.3. The summed E-state index contributed by atoms with van der Waals surface area (Å²) < 4.78 is 10.2. The number of aryl methyl sites for hydroxylation is 1. The molecule has 0 fully saturated rings. The Balaban J connectivity index is 1.11. The molecule has 13 rings (SSSR count). The molecule has 11 aromatic rings. The molecule has 380 valence electrons. The van der Waals surface area contributed by atoms with Crippen molar-refractivity contribution in [2.45, 2.75) is 131 Å². The predicted molar refractivity (Wildman–Crippen MR) is 329 cm³/mol. The topological polar surface area (TPSA) is 19.7 Å². The molecule has 0 aliphatic heterocycles. The Hall–Kier alpha value is -7.56. The van der Waals surface area contributed by atoms with Gasteiger partial charge in [0.1, 0.15) is 0 Å². The van der Waals surface area contributed by atoms with Crippen molar-refractivity contribution in [3.8, 4) is 17.1 Å². The van der Waals surface area contributed by atoms with Crippen LogP contribution in [0.5, 0.6) is 0 Å². The second-order valence-corrected chi connectivity index (χ2v) is 25.6. The molecule has 4 heteroatoms. The summed E-state index contributed by atoms with van der Waals surface area (Å²) in [5.41, 5.74) is 24.3. The van der Waals surface area contributed by atoms with Gasteiger partial charge in [0.2, 0.25) is 0 Å². The van der Waals surface area contributed by atoms with Crippen molar-refractivity contribution >= 4 is 89.8 Å². The van der Waals surface area contributed by atoms with Crippen molar-refractivity contribution in [1.29, 1.82) is 0 Å². The van der Waals surface area contributed by atoms with Gasteiger partial charge in [-0.05, 0) is 184 Å². The summed E-state index contributed by atoms with van der Waals surface area (Å²) in [4.78, 5) is 0. The Labute approximate surface area is 449 Å². The van der Waals surface area contributed by atoms with Crippen molar-refractivity contribution in [3.63, 3.8) is 0 Å². The molecule has 0 atom stereocenters. The van der Waals surface area contributed by atoms with Gasteiger partial charge in [-0.2, -0.15) is 0 Å². The van der Waals surface area contributed by atoms with E-state index >= 15 is 0 Å². The number of allylic oxidation sites excluding steroid dienone is 2. The minimum Gasteiger partial charge on any atom is -0.314 e. The van der Waals surface area contributed by atoms with E-state index in [1.165, 1.54) is 121 Å². The van der Waals surface area contributed by atoms with Crippen molar-refractivity contribution in [3.05, 3.63) is 195 Å². The molecular formula is C72H72N4. The zero-order chi connectivity index (χ0) is 52.7. The maximum atomic E-state index is 2.61. The third-order valence-corrected chi connectivity index (χ3v) is 17.1. The van der Waals surface area contributed by atoms with Crippen molar-refractivity contribution in [1.82, 2.24) is 18.3 Å². The SMILES string of the molecule is Cc1cccc2c3cccc(-n4c5c(c6c4CCC=C6)CCC=C5)c3n(C=Cc3cc(-n4c5ccc(C(C)C)cc5c5cc(C(C)(C)C)ccc54)cc(-n4c5ccc(C(C)(C)C)cc5c5cc(C(C)(C)C)ccc54)c3)c12. The molecule has 2 aliphatic rings. The number of rotatable bonds is 6. The number of benzene rings is 7. The Morgan fingerprint density at radius 2 is 1.00 bits per heavy atom. The Morgan fingerprint density at radius 1 is 0.487 bits per heavy atom. The first-order valence-corrected chi connectivity index (χ1v) is 28.0. The minimum absolute atomic E-state index is 0.000214. The maximum absolute atomic E-state index is 2.61. The highest BCUT2D eigenvalue weighted by Gasteiger charge is 2.27. The molecule has 7 aromatic carbocycles. The lowest BCUT2D eigenvalue weighted by atomic mass is 9.85. The van der Waals surface area contributed by atoms with E-state index < -0.39 is 0 Å². The van der Waals surface area contributed by atoms with E-state index in [1.54, 1.807) is 0 Å². The van der Waals surface area contributed by atoms with Gasteiger partial charge in [-0.15, -0.1) is 0 Å². The number of nitrogens with zero attached hydrogens (tertiary/aromatic N) is 4. The molecule has 4 heterocycles. The van der Waals surface area contributed by atoms with Gasteiger partial charge in [-0.25, -0.2) is 0 Å².